The summed E-state index contributed by atoms with van der Waals surface area (Å²) >= 11 is 0. The summed E-state index contributed by atoms with van der Waals surface area (Å²) in [6.07, 6.45) is 2.54. The molecule has 29 heavy (non-hydrogen) atoms. The van der Waals surface area contributed by atoms with Gasteiger partial charge in [-0.25, -0.2) is 0 Å². The lowest BCUT2D eigenvalue weighted by molar-refractivity contribution is -0.134. The SMILES string of the molecule is CC(=O)N(CCC(=O)N1CCN(C(=O)c2ccco2)CC1)CCc1ccccc1. The molecule has 2 heterocycles. The van der Waals surface area contributed by atoms with Gasteiger partial charge in [-0.2, -0.15) is 0 Å². The molecule has 0 atom stereocenters. The van der Waals surface area contributed by atoms with Crippen molar-refractivity contribution in [3.05, 3.63) is 60.1 Å². The molecular formula is C22H27N3O4. The normalized spacial score (nSPS) is 14.0. The van der Waals surface area contributed by atoms with E-state index in [0.717, 1.165) is 6.42 Å². The van der Waals surface area contributed by atoms with Gasteiger partial charge in [0.15, 0.2) is 5.76 Å². The van der Waals surface area contributed by atoms with Crippen molar-refractivity contribution in [2.24, 2.45) is 0 Å². The zero-order chi connectivity index (χ0) is 20.6. The van der Waals surface area contributed by atoms with Gasteiger partial charge in [0.25, 0.3) is 5.91 Å². The summed E-state index contributed by atoms with van der Waals surface area (Å²) in [6.45, 7) is 4.50. The van der Waals surface area contributed by atoms with E-state index >= 15 is 0 Å². The minimum atomic E-state index is -0.147. The number of carbonyl (C=O) groups excluding carboxylic acids is 3. The van der Waals surface area contributed by atoms with Gasteiger partial charge >= 0.3 is 0 Å². The van der Waals surface area contributed by atoms with E-state index in [2.05, 4.69) is 0 Å². The Kier molecular flexibility index (Phi) is 7.05. The smallest absolute Gasteiger partial charge is 0.289 e. The van der Waals surface area contributed by atoms with Gasteiger partial charge in [0.1, 0.15) is 0 Å². The van der Waals surface area contributed by atoms with Crippen LogP contribution in [0.2, 0.25) is 0 Å². The monoisotopic (exact) mass is 397 g/mol. The van der Waals surface area contributed by atoms with Crippen molar-refractivity contribution in [3.63, 3.8) is 0 Å². The van der Waals surface area contributed by atoms with Crippen molar-refractivity contribution in [1.82, 2.24) is 14.7 Å². The molecule has 1 aromatic heterocycles. The van der Waals surface area contributed by atoms with Gasteiger partial charge in [0.2, 0.25) is 11.8 Å². The first-order chi connectivity index (χ1) is 14.0. The van der Waals surface area contributed by atoms with Crippen LogP contribution in [0, 0.1) is 0 Å². The third-order valence-corrected chi connectivity index (χ3v) is 5.21. The zero-order valence-corrected chi connectivity index (χ0v) is 16.8. The van der Waals surface area contributed by atoms with Crippen molar-refractivity contribution in [1.29, 1.82) is 0 Å². The van der Waals surface area contributed by atoms with Crippen LogP contribution < -0.4 is 0 Å². The van der Waals surface area contributed by atoms with Crippen LogP contribution in [-0.2, 0) is 16.0 Å². The molecule has 1 fully saturated rings. The van der Waals surface area contributed by atoms with Crippen LogP contribution in [0.25, 0.3) is 0 Å². The van der Waals surface area contributed by atoms with E-state index in [0.29, 0.717) is 51.4 Å². The van der Waals surface area contributed by atoms with Crippen LogP contribution in [0.1, 0.15) is 29.5 Å². The van der Waals surface area contributed by atoms with Gasteiger partial charge < -0.3 is 19.1 Å². The first-order valence-electron chi connectivity index (χ1n) is 9.94. The number of rotatable bonds is 7. The minimum absolute atomic E-state index is 0.0149. The molecule has 1 aromatic carbocycles. The average Bonchev–Trinajstić information content (AvgIpc) is 3.28. The number of hydrogen-bond acceptors (Lipinski definition) is 4. The van der Waals surface area contributed by atoms with Gasteiger partial charge in [-0.1, -0.05) is 30.3 Å². The van der Waals surface area contributed by atoms with Gasteiger partial charge in [-0.05, 0) is 24.1 Å². The fourth-order valence-electron chi connectivity index (χ4n) is 3.44. The molecule has 7 heteroatoms. The summed E-state index contributed by atoms with van der Waals surface area (Å²) in [5.74, 6) is 0.162. The maximum Gasteiger partial charge on any atom is 0.289 e. The highest BCUT2D eigenvalue weighted by atomic mass is 16.3. The second kappa shape index (κ2) is 9.91. The van der Waals surface area contributed by atoms with E-state index in [4.69, 9.17) is 4.42 Å². The lowest BCUT2D eigenvalue weighted by Crippen LogP contribution is -2.51. The molecule has 1 aliphatic heterocycles. The predicted octanol–water partition coefficient (Wildman–Crippen LogP) is 2.05. The maximum absolute atomic E-state index is 12.6. The summed E-state index contributed by atoms with van der Waals surface area (Å²) in [5.41, 5.74) is 1.17. The largest absolute Gasteiger partial charge is 0.459 e. The molecule has 1 saturated heterocycles. The molecule has 1 aliphatic rings. The number of piperazine rings is 1. The standard InChI is InChI=1S/C22H27N3O4/c1-18(26)23(11-9-19-6-3-2-4-7-19)12-10-21(27)24-13-15-25(16-14-24)22(28)20-8-5-17-29-20/h2-8,17H,9-16H2,1H3. The maximum atomic E-state index is 12.6. The Balaban J connectivity index is 1.43. The fourth-order valence-corrected chi connectivity index (χ4v) is 3.44. The Labute approximate surface area is 170 Å². The van der Waals surface area contributed by atoms with Crippen LogP contribution in [0.4, 0.5) is 0 Å². The topological polar surface area (TPSA) is 74.1 Å². The third kappa shape index (κ3) is 5.70. The molecule has 0 aliphatic carbocycles. The molecule has 3 rings (SSSR count). The van der Waals surface area contributed by atoms with Gasteiger partial charge in [0, 0.05) is 52.6 Å². The Hall–Kier alpha value is -3.09. The molecule has 0 bridgehead atoms. The number of furan rings is 1. The summed E-state index contributed by atoms with van der Waals surface area (Å²) < 4.78 is 5.16. The summed E-state index contributed by atoms with van der Waals surface area (Å²) in [6, 6.07) is 13.3. The lowest BCUT2D eigenvalue weighted by atomic mass is 10.1. The van der Waals surface area contributed by atoms with Crippen LogP contribution in [0.15, 0.2) is 53.1 Å². The molecule has 0 unspecified atom stereocenters. The highest BCUT2D eigenvalue weighted by Gasteiger charge is 2.26. The molecule has 7 nitrogen and oxygen atoms in total. The van der Waals surface area contributed by atoms with E-state index in [1.54, 1.807) is 26.8 Å². The van der Waals surface area contributed by atoms with E-state index in [-0.39, 0.29) is 17.7 Å². The van der Waals surface area contributed by atoms with Crippen molar-refractivity contribution in [2.45, 2.75) is 19.8 Å². The zero-order valence-electron chi connectivity index (χ0n) is 16.8. The molecule has 0 spiro atoms. The summed E-state index contributed by atoms with van der Waals surface area (Å²) in [4.78, 5) is 42.0. The predicted molar refractivity (Wildman–Crippen MR) is 108 cm³/mol. The quantitative estimate of drug-likeness (QED) is 0.717. The molecule has 0 radical (unpaired) electrons. The van der Waals surface area contributed by atoms with Crippen LogP contribution in [-0.4, -0.2) is 71.7 Å². The molecule has 3 amide bonds. The molecular weight excluding hydrogens is 370 g/mol. The van der Waals surface area contributed by atoms with E-state index in [1.165, 1.54) is 18.8 Å². The second-order valence-corrected chi connectivity index (χ2v) is 7.14. The Morgan fingerprint density at radius 1 is 0.931 bits per heavy atom. The number of nitrogens with zero attached hydrogens (tertiary/aromatic N) is 3. The highest BCUT2D eigenvalue weighted by molar-refractivity contribution is 5.91. The van der Waals surface area contributed by atoms with Gasteiger partial charge in [0.05, 0.1) is 6.26 Å². The van der Waals surface area contributed by atoms with Crippen molar-refractivity contribution in [3.8, 4) is 0 Å². The fraction of sp³-hybridized carbons (Fsp3) is 0.409. The number of benzene rings is 1. The molecule has 154 valence electrons. The first kappa shape index (κ1) is 20.6. The van der Waals surface area contributed by atoms with Gasteiger partial charge in [-0.15, -0.1) is 0 Å². The van der Waals surface area contributed by atoms with Gasteiger partial charge in [-0.3, -0.25) is 14.4 Å². The van der Waals surface area contributed by atoms with Crippen LogP contribution in [0.5, 0.6) is 0 Å². The Bertz CT molecular complexity index is 812. The van der Waals surface area contributed by atoms with Crippen molar-refractivity contribution < 1.29 is 18.8 Å². The van der Waals surface area contributed by atoms with Crippen molar-refractivity contribution >= 4 is 17.7 Å². The van der Waals surface area contributed by atoms with E-state index < -0.39 is 0 Å². The average molecular weight is 397 g/mol. The summed E-state index contributed by atoms with van der Waals surface area (Å²) in [7, 11) is 0. The molecule has 0 saturated carbocycles. The van der Waals surface area contributed by atoms with E-state index in [9.17, 15) is 14.4 Å². The number of hydrogen-bond donors (Lipinski definition) is 0. The van der Waals surface area contributed by atoms with E-state index in [1.807, 2.05) is 30.3 Å². The highest BCUT2D eigenvalue weighted by Crippen LogP contribution is 2.11. The summed E-state index contributed by atoms with van der Waals surface area (Å²) in [5, 5.41) is 0. The minimum Gasteiger partial charge on any atom is -0.459 e. The van der Waals surface area contributed by atoms with Crippen molar-refractivity contribution in [2.75, 3.05) is 39.3 Å². The first-order valence-corrected chi connectivity index (χ1v) is 9.94. The number of amides is 3. The Morgan fingerprint density at radius 2 is 1.62 bits per heavy atom. The lowest BCUT2D eigenvalue weighted by Gasteiger charge is -2.34. The van der Waals surface area contributed by atoms with Crippen LogP contribution >= 0.6 is 0 Å². The molecule has 0 N–H and O–H groups in total. The second-order valence-electron chi connectivity index (χ2n) is 7.14. The number of carbonyl (C=O) groups is 3. The van der Waals surface area contributed by atoms with Crippen LogP contribution in [0.3, 0.4) is 0 Å². The molecule has 2 aromatic rings. The third-order valence-electron chi connectivity index (χ3n) is 5.21. The Morgan fingerprint density at radius 3 is 2.24 bits per heavy atom.